The van der Waals surface area contributed by atoms with Gasteiger partial charge < -0.3 is 14.7 Å². The average Bonchev–Trinajstić information content (AvgIpc) is 2.29. The Morgan fingerprint density at radius 3 is 2.47 bits per heavy atom. The van der Waals surface area contributed by atoms with Crippen molar-refractivity contribution in [1.29, 1.82) is 0 Å². The zero-order valence-corrected chi connectivity index (χ0v) is 11.8. The van der Waals surface area contributed by atoms with Crippen LogP contribution in [0.2, 0.25) is 0 Å². The summed E-state index contributed by atoms with van der Waals surface area (Å²) in [5, 5.41) is 9.96. The van der Waals surface area contributed by atoms with Crippen LogP contribution in [0.25, 0.3) is 0 Å². The average molecular weight is 300 g/mol. The molecule has 94 valence electrons. The molecular weight excluding hydrogens is 282 g/mol. The van der Waals surface area contributed by atoms with Crippen molar-refractivity contribution >= 4 is 21.6 Å². The lowest BCUT2D eigenvalue weighted by Gasteiger charge is -2.30. The molecule has 1 fully saturated rings. The van der Waals surface area contributed by atoms with E-state index in [0.717, 1.165) is 36.3 Å². The molecule has 0 unspecified atom stereocenters. The first kappa shape index (κ1) is 12.9. The van der Waals surface area contributed by atoms with E-state index in [1.807, 2.05) is 12.1 Å². The largest absolute Gasteiger partial charge is 0.386 e. The van der Waals surface area contributed by atoms with Crippen molar-refractivity contribution in [3.05, 3.63) is 28.2 Å². The molecule has 0 atom stereocenters. The van der Waals surface area contributed by atoms with Crippen LogP contribution in [0.5, 0.6) is 0 Å². The Kier molecular flexibility index (Phi) is 3.76. The summed E-state index contributed by atoms with van der Waals surface area (Å²) in [6, 6.07) is 6.03. The normalized spacial score (nSPS) is 17.3. The van der Waals surface area contributed by atoms with E-state index in [1.165, 1.54) is 5.69 Å². The first-order valence-corrected chi connectivity index (χ1v) is 6.63. The summed E-state index contributed by atoms with van der Waals surface area (Å²) < 4.78 is 6.37. The van der Waals surface area contributed by atoms with E-state index in [2.05, 4.69) is 26.9 Å². The molecule has 3 nitrogen and oxygen atoms in total. The number of nitrogens with zero attached hydrogens (tertiary/aromatic N) is 1. The van der Waals surface area contributed by atoms with E-state index < -0.39 is 5.60 Å². The number of hydrogen-bond acceptors (Lipinski definition) is 3. The highest BCUT2D eigenvalue weighted by molar-refractivity contribution is 9.10. The van der Waals surface area contributed by atoms with Crippen LogP contribution in [0, 0.1) is 0 Å². The number of hydrogen-bond donors (Lipinski definition) is 1. The second-order valence-corrected chi connectivity index (χ2v) is 5.68. The SMILES string of the molecule is CC(C)(O)c1ccc(N2CCOCC2)c(Br)c1. The van der Waals surface area contributed by atoms with Crippen LogP contribution in [0.15, 0.2) is 22.7 Å². The molecule has 2 rings (SSSR count). The van der Waals surface area contributed by atoms with Gasteiger partial charge in [0.05, 0.1) is 24.5 Å². The molecule has 1 N–H and O–H groups in total. The summed E-state index contributed by atoms with van der Waals surface area (Å²) in [6.07, 6.45) is 0. The van der Waals surface area contributed by atoms with Gasteiger partial charge in [0.15, 0.2) is 0 Å². The lowest BCUT2D eigenvalue weighted by molar-refractivity contribution is 0.0785. The lowest BCUT2D eigenvalue weighted by Crippen LogP contribution is -2.36. The lowest BCUT2D eigenvalue weighted by atomic mass is 9.98. The highest BCUT2D eigenvalue weighted by atomic mass is 79.9. The van der Waals surface area contributed by atoms with Crippen LogP contribution in [-0.2, 0) is 10.3 Å². The van der Waals surface area contributed by atoms with Gasteiger partial charge in [-0.05, 0) is 47.5 Å². The van der Waals surface area contributed by atoms with Gasteiger partial charge in [-0.3, -0.25) is 0 Å². The summed E-state index contributed by atoms with van der Waals surface area (Å²) in [4.78, 5) is 2.29. The molecular formula is C13H18BrNO2. The maximum absolute atomic E-state index is 9.96. The van der Waals surface area contributed by atoms with Crippen LogP contribution in [-0.4, -0.2) is 31.4 Å². The van der Waals surface area contributed by atoms with Gasteiger partial charge in [0.1, 0.15) is 0 Å². The Balaban J connectivity index is 2.25. The van der Waals surface area contributed by atoms with Crippen molar-refractivity contribution in [2.45, 2.75) is 19.4 Å². The topological polar surface area (TPSA) is 32.7 Å². The highest BCUT2D eigenvalue weighted by Crippen LogP contribution is 2.31. The first-order valence-electron chi connectivity index (χ1n) is 5.83. The van der Waals surface area contributed by atoms with E-state index in [-0.39, 0.29) is 0 Å². The number of aliphatic hydroxyl groups is 1. The van der Waals surface area contributed by atoms with Crippen LogP contribution in [0.4, 0.5) is 5.69 Å². The molecule has 1 heterocycles. The molecule has 1 saturated heterocycles. The van der Waals surface area contributed by atoms with Gasteiger partial charge in [-0.2, -0.15) is 0 Å². The number of benzene rings is 1. The third kappa shape index (κ3) is 3.00. The molecule has 0 radical (unpaired) electrons. The molecule has 0 saturated carbocycles. The fourth-order valence-corrected chi connectivity index (χ4v) is 2.58. The van der Waals surface area contributed by atoms with Crippen LogP contribution >= 0.6 is 15.9 Å². The summed E-state index contributed by atoms with van der Waals surface area (Å²) >= 11 is 3.58. The van der Waals surface area contributed by atoms with Crippen LogP contribution in [0.3, 0.4) is 0 Å². The molecule has 0 bridgehead atoms. The zero-order chi connectivity index (χ0) is 12.5. The summed E-state index contributed by atoms with van der Waals surface area (Å²) in [5.74, 6) is 0. The zero-order valence-electron chi connectivity index (χ0n) is 10.2. The molecule has 0 amide bonds. The molecule has 1 aromatic carbocycles. The van der Waals surface area contributed by atoms with E-state index in [4.69, 9.17) is 4.74 Å². The van der Waals surface area contributed by atoms with E-state index in [9.17, 15) is 5.11 Å². The predicted octanol–water partition coefficient (Wildman–Crippen LogP) is 2.51. The van der Waals surface area contributed by atoms with Gasteiger partial charge in [-0.1, -0.05) is 6.07 Å². The minimum Gasteiger partial charge on any atom is -0.386 e. The highest BCUT2D eigenvalue weighted by Gasteiger charge is 2.19. The summed E-state index contributed by atoms with van der Waals surface area (Å²) in [7, 11) is 0. The fourth-order valence-electron chi connectivity index (χ4n) is 1.95. The minimum absolute atomic E-state index is 0.777. The quantitative estimate of drug-likeness (QED) is 0.911. The maximum Gasteiger partial charge on any atom is 0.0840 e. The second-order valence-electron chi connectivity index (χ2n) is 4.82. The monoisotopic (exact) mass is 299 g/mol. The van der Waals surface area contributed by atoms with Crippen molar-refractivity contribution in [2.75, 3.05) is 31.2 Å². The van der Waals surface area contributed by atoms with Gasteiger partial charge >= 0.3 is 0 Å². The van der Waals surface area contributed by atoms with Gasteiger partial charge in [-0.15, -0.1) is 0 Å². The van der Waals surface area contributed by atoms with E-state index >= 15 is 0 Å². The third-order valence-electron chi connectivity index (χ3n) is 3.01. The van der Waals surface area contributed by atoms with Gasteiger partial charge in [-0.25, -0.2) is 0 Å². The van der Waals surface area contributed by atoms with Crippen molar-refractivity contribution in [2.24, 2.45) is 0 Å². The second kappa shape index (κ2) is 4.96. The molecule has 4 heteroatoms. The molecule has 0 aromatic heterocycles. The minimum atomic E-state index is -0.800. The number of rotatable bonds is 2. The summed E-state index contributed by atoms with van der Waals surface area (Å²) in [6.45, 7) is 6.98. The van der Waals surface area contributed by atoms with Gasteiger partial charge in [0, 0.05) is 17.6 Å². The van der Waals surface area contributed by atoms with Crippen molar-refractivity contribution in [3.63, 3.8) is 0 Å². The van der Waals surface area contributed by atoms with Crippen LogP contribution < -0.4 is 4.90 Å². The predicted molar refractivity (Wildman–Crippen MR) is 72.4 cm³/mol. The Bertz CT molecular complexity index is 395. The maximum atomic E-state index is 9.96. The molecule has 0 spiro atoms. The standard InChI is InChI=1S/C13H18BrNO2/c1-13(2,16)10-3-4-12(11(14)9-10)15-5-7-17-8-6-15/h3-4,9,16H,5-8H2,1-2H3. The van der Waals surface area contributed by atoms with Gasteiger partial charge in [0.25, 0.3) is 0 Å². The molecule has 17 heavy (non-hydrogen) atoms. The number of morpholine rings is 1. The van der Waals surface area contributed by atoms with Crippen molar-refractivity contribution in [3.8, 4) is 0 Å². The van der Waals surface area contributed by atoms with Gasteiger partial charge in [0.2, 0.25) is 0 Å². The van der Waals surface area contributed by atoms with E-state index in [1.54, 1.807) is 13.8 Å². The van der Waals surface area contributed by atoms with Crippen molar-refractivity contribution < 1.29 is 9.84 Å². The smallest absolute Gasteiger partial charge is 0.0840 e. The molecule has 1 aliphatic rings. The van der Waals surface area contributed by atoms with Crippen LogP contribution in [0.1, 0.15) is 19.4 Å². The Labute approximate surface area is 111 Å². The van der Waals surface area contributed by atoms with Crippen molar-refractivity contribution in [1.82, 2.24) is 0 Å². The Morgan fingerprint density at radius 2 is 1.94 bits per heavy atom. The molecule has 1 aromatic rings. The Morgan fingerprint density at radius 1 is 1.29 bits per heavy atom. The third-order valence-corrected chi connectivity index (χ3v) is 3.64. The first-order chi connectivity index (χ1) is 7.98. The molecule has 1 aliphatic heterocycles. The number of halogens is 1. The van der Waals surface area contributed by atoms with E-state index in [0.29, 0.717) is 0 Å². The Hall–Kier alpha value is -0.580. The summed E-state index contributed by atoms with van der Waals surface area (Å²) in [5.41, 5.74) is 1.29. The number of anilines is 1. The fraction of sp³-hybridized carbons (Fsp3) is 0.538. The number of ether oxygens (including phenoxy) is 1. The molecule has 0 aliphatic carbocycles.